The van der Waals surface area contributed by atoms with Crippen molar-refractivity contribution in [2.24, 2.45) is 5.41 Å². The molecule has 0 aliphatic carbocycles. The number of hydrogen-bond acceptors (Lipinski definition) is 1. The fourth-order valence-corrected chi connectivity index (χ4v) is 4.15. The molecule has 0 aromatic heterocycles. The Labute approximate surface area is 104 Å². The highest BCUT2D eigenvalue weighted by Crippen LogP contribution is 2.36. The maximum Gasteiger partial charge on any atom is 0.0581 e. The SMILES string of the molecule is CCCC(CBr)(CBr)CC1CCCO1. The standard InChI is InChI=1S/C11H20Br2O/c1-2-5-11(8-12,9-13)7-10-4-3-6-14-10/h10H,2-9H2,1H3. The van der Waals surface area contributed by atoms with E-state index in [0.717, 1.165) is 17.3 Å². The van der Waals surface area contributed by atoms with Crippen LogP contribution in [0.2, 0.25) is 0 Å². The molecule has 1 atom stereocenters. The van der Waals surface area contributed by atoms with Crippen LogP contribution in [-0.4, -0.2) is 23.4 Å². The van der Waals surface area contributed by atoms with Gasteiger partial charge in [0, 0.05) is 17.3 Å². The third-order valence-corrected chi connectivity index (χ3v) is 5.41. The summed E-state index contributed by atoms with van der Waals surface area (Å²) in [5.41, 5.74) is 0.407. The van der Waals surface area contributed by atoms with Crippen LogP contribution < -0.4 is 0 Å². The Balaban J connectivity index is 2.47. The molecular formula is C11H20Br2O. The zero-order valence-corrected chi connectivity index (χ0v) is 12.1. The van der Waals surface area contributed by atoms with Crippen molar-refractivity contribution in [1.29, 1.82) is 0 Å². The molecule has 1 fully saturated rings. The summed E-state index contributed by atoms with van der Waals surface area (Å²) in [6.07, 6.45) is 6.75. The van der Waals surface area contributed by atoms with Crippen molar-refractivity contribution < 1.29 is 4.74 Å². The fraction of sp³-hybridized carbons (Fsp3) is 1.00. The monoisotopic (exact) mass is 326 g/mol. The Kier molecular flexibility index (Phi) is 6.02. The van der Waals surface area contributed by atoms with E-state index in [-0.39, 0.29) is 0 Å². The van der Waals surface area contributed by atoms with Gasteiger partial charge in [0.1, 0.15) is 0 Å². The average Bonchev–Trinajstić information content (AvgIpc) is 2.69. The molecule has 0 N–H and O–H groups in total. The molecule has 0 saturated carbocycles. The number of rotatable bonds is 6. The minimum absolute atomic E-state index is 0.407. The van der Waals surface area contributed by atoms with Crippen molar-refractivity contribution in [2.45, 2.75) is 45.1 Å². The van der Waals surface area contributed by atoms with E-state index in [0.29, 0.717) is 11.5 Å². The number of halogens is 2. The molecule has 0 aromatic rings. The second kappa shape index (κ2) is 6.49. The first-order valence-corrected chi connectivity index (χ1v) is 7.74. The van der Waals surface area contributed by atoms with Gasteiger partial charge in [0.2, 0.25) is 0 Å². The quantitative estimate of drug-likeness (QED) is 0.666. The Morgan fingerprint density at radius 3 is 2.50 bits per heavy atom. The van der Waals surface area contributed by atoms with E-state index >= 15 is 0 Å². The molecule has 0 bridgehead atoms. The van der Waals surface area contributed by atoms with Gasteiger partial charge in [0.25, 0.3) is 0 Å². The van der Waals surface area contributed by atoms with Crippen LogP contribution in [0.3, 0.4) is 0 Å². The highest BCUT2D eigenvalue weighted by atomic mass is 79.9. The van der Waals surface area contributed by atoms with Crippen molar-refractivity contribution in [3.8, 4) is 0 Å². The van der Waals surface area contributed by atoms with Crippen LogP contribution in [0.25, 0.3) is 0 Å². The van der Waals surface area contributed by atoms with Gasteiger partial charge in [-0.05, 0) is 31.1 Å². The van der Waals surface area contributed by atoms with E-state index in [9.17, 15) is 0 Å². The Morgan fingerprint density at radius 1 is 1.36 bits per heavy atom. The van der Waals surface area contributed by atoms with Gasteiger partial charge in [-0.1, -0.05) is 45.2 Å². The summed E-state index contributed by atoms with van der Waals surface area (Å²) in [6.45, 7) is 3.23. The van der Waals surface area contributed by atoms with Gasteiger partial charge in [-0.25, -0.2) is 0 Å². The topological polar surface area (TPSA) is 9.23 Å². The van der Waals surface area contributed by atoms with Gasteiger partial charge in [-0.2, -0.15) is 0 Å². The molecule has 14 heavy (non-hydrogen) atoms. The summed E-state index contributed by atoms with van der Waals surface area (Å²) in [4.78, 5) is 0. The minimum atomic E-state index is 0.407. The van der Waals surface area contributed by atoms with Crippen LogP contribution in [-0.2, 0) is 4.74 Å². The van der Waals surface area contributed by atoms with Crippen molar-refractivity contribution >= 4 is 31.9 Å². The Bertz CT molecular complexity index is 151. The molecule has 0 aromatic carbocycles. The van der Waals surface area contributed by atoms with Gasteiger partial charge in [-0.15, -0.1) is 0 Å². The van der Waals surface area contributed by atoms with Crippen LogP contribution in [0.15, 0.2) is 0 Å². The number of alkyl halides is 2. The highest BCUT2D eigenvalue weighted by Gasteiger charge is 2.32. The lowest BCUT2D eigenvalue weighted by atomic mass is 9.82. The van der Waals surface area contributed by atoms with Crippen LogP contribution in [0.1, 0.15) is 39.0 Å². The van der Waals surface area contributed by atoms with E-state index < -0.39 is 0 Å². The van der Waals surface area contributed by atoms with Gasteiger partial charge in [0.05, 0.1) is 6.10 Å². The van der Waals surface area contributed by atoms with Gasteiger partial charge in [0.15, 0.2) is 0 Å². The average molecular weight is 328 g/mol. The van der Waals surface area contributed by atoms with Crippen molar-refractivity contribution in [3.05, 3.63) is 0 Å². The van der Waals surface area contributed by atoms with Gasteiger partial charge in [-0.3, -0.25) is 0 Å². The summed E-state index contributed by atoms with van der Waals surface area (Å²) in [5, 5.41) is 2.16. The third-order valence-electron chi connectivity index (χ3n) is 3.03. The molecular weight excluding hydrogens is 308 g/mol. The summed E-state index contributed by atoms with van der Waals surface area (Å²) >= 11 is 7.31. The van der Waals surface area contributed by atoms with E-state index in [1.807, 2.05) is 0 Å². The molecule has 1 aliphatic rings. The van der Waals surface area contributed by atoms with Crippen LogP contribution in [0.5, 0.6) is 0 Å². The van der Waals surface area contributed by atoms with Gasteiger partial charge >= 0.3 is 0 Å². The first-order valence-electron chi connectivity index (χ1n) is 5.50. The molecule has 0 radical (unpaired) electrons. The molecule has 1 aliphatic heterocycles. The predicted octanol–water partition coefficient (Wildman–Crippen LogP) is 4.13. The van der Waals surface area contributed by atoms with Crippen molar-refractivity contribution in [2.75, 3.05) is 17.3 Å². The first-order chi connectivity index (χ1) is 6.76. The number of ether oxygens (including phenoxy) is 1. The summed E-state index contributed by atoms with van der Waals surface area (Å²) in [5.74, 6) is 0. The van der Waals surface area contributed by atoms with E-state index in [1.165, 1.54) is 32.1 Å². The second-order valence-electron chi connectivity index (χ2n) is 4.36. The van der Waals surface area contributed by atoms with Crippen LogP contribution in [0, 0.1) is 5.41 Å². The molecule has 84 valence electrons. The largest absolute Gasteiger partial charge is 0.378 e. The Hall–Kier alpha value is 0.920. The molecule has 1 rings (SSSR count). The van der Waals surface area contributed by atoms with Crippen LogP contribution in [0.4, 0.5) is 0 Å². The Morgan fingerprint density at radius 2 is 2.07 bits per heavy atom. The summed E-state index contributed by atoms with van der Waals surface area (Å²) < 4.78 is 5.72. The minimum Gasteiger partial charge on any atom is -0.378 e. The third kappa shape index (κ3) is 3.49. The molecule has 1 saturated heterocycles. The lowest BCUT2D eigenvalue weighted by Gasteiger charge is -2.32. The molecule has 3 heteroatoms. The fourth-order valence-electron chi connectivity index (χ4n) is 2.20. The van der Waals surface area contributed by atoms with Gasteiger partial charge < -0.3 is 4.74 Å². The predicted molar refractivity (Wildman–Crippen MR) is 68.5 cm³/mol. The first kappa shape index (κ1) is 13.0. The van der Waals surface area contributed by atoms with Crippen molar-refractivity contribution in [3.63, 3.8) is 0 Å². The number of hydrogen-bond donors (Lipinski definition) is 0. The molecule has 0 amide bonds. The van der Waals surface area contributed by atoms with E-state index in [1.54, 1.807) is 0 Å². The van der Waals surface area contributed by atoms with Crippen molar-refractivity contribution in [1.82, 2.24) is 0 Å². The maximum absolute atomic E-state index is 5.72. The normalized spacial score (nSPS) is 22.9. The lowest BCUT2D eigenvalue weighted by Crippen LogP contribution is -2.29. The molecule has 1 nitrogen and oxygen atoms in total. The maximum atomic E-state index is 5.72. The zero-order chi connectivity index (χ0) is 10.4. The molecule has 1 heterocycles. The van der Waals surface area contributed by atoms with E-state index in [4.69, 9.17) is 4.74 Å². The zero-order valence-electron chi connectivity index (χ0n) is 8.90. The van der Waals surface area contributed by atoms with Crippen LogP contribution >= 0.6 is 31.9 Å². The summed E-state index contributed by atoms with van der Waals surface area (Å²) in [6, 6.07) is 0. The second-order valence-corrected chi connectivity index (χ2v) is 5.48. The lowest BCUT2D eigenvalue weighted by molar-refractivity contribution is 0.0720. The summed E-state index contributed by atoms with van der Waals surface area (Å²) in [7, 11) is 0. The highest BCUT2D eigenvalue weighted by molar-refractivity contribution is 9.09. The van der Waals surface area contributed by atoms with E-state index in [2.05, 4.69) is 38.8 Å². The smallest absolute Gasteiger partial charge is 0.0581 e. The molecule has 0 spiro atoms. The molecule has 1 unspecified atom stereocenters.